The maximum atomic E-state index is 4.47. The van der Waals surface area contributed by atoms with E-state index in [2.05, 4.69) is 38.3 Å². The van der Waals surface area contributed by atoms with Gasteiger partial charge in [0.25, 0.3) is 0 Å². The minimum atomic E-state index is 0.192. The van der Waals surface area contributed by atoms with Crippen LogP contribution in [0.2, 0.25) is 0 Å². The summed E-state index contributed by atoms with van der Waals surface area (Å²) >= 11 is 3.47. The van der Waals surface area contributed by atoms with Crippen molar-refractivity contribution < 1.29 is 0 Å². The Morgan fingerprint density at radius 3 is 2.94 bits per heavy atom. The number of anilines is 1. The van der Waals surface area contributed by atoms with Crippen molar-refractivity contribution in [1.82, 2.24) is 14.6 Å². The van der Waals surface area contributed by atoms with E-state index in [1.54, 1.807) is 4.52 Å². The molecule has 0 radical (unpaired) electrons. The van der Waals surface area contributed by atoms with Crippen LogP contribution in [0.15, 0.2) is 22.8 Å². The number of hydrogen-bond donors (Lipinski definition) is 1. The van der Waals surface area contributed by atoms with E-state index in [1.165, 1.54) is 19.3 Å². The molecule has 5 heteroatoms. The molecule has 2 heterocycles. The second-order valence-corrected chi connectivity index (χ2v) is 5.45. The molecule has 16 heavy (non-hydrogen) atoms. The second-order valence-electron chi connectivity index (χ2n) is 4.60. The molecule has 0 aromatic carbocycles. The van der Waals surface area contributed by atoms with Gasteiger partial charge in [0, 0.05) is 11.7 Å². The number of aromatic nitrogens is 3. The van der Waals surface area contributed by atoms with E-state index in [9.17, 15) is 0 Å². The number of nitrogens with one attached hydrogen (secondary N) is 1. The van der Waals surface area contributed by atoms with E-state index in [-0.39, 0.29) is 5.54 Å². The predicted molar refractivity (Wildman–Crippen MR) is 66.6 cm³/mol. The van der Waals surface area contributed by atoms with Crippen molar-refractivity contribution in [3.8, 4) is 0 Å². The van der Waals surface area contributed by atoms with Gasteiger partial charge in [0.15, 0.2) is 5.65 Å². The molecule has 2 aromatic rings. The highest BCUT2D eigenvalue weighted by Gasteiger charge is 2.32. The van der Waals surface area contributed by atoms with Crippen molar-refractivity contribution in [2.75, 3.05) is 5.32 Å². The Bertz CT molecular complexity index is 530. The summed E-state index contributed by atoms with van der Waals surface area (Å²) in [6.07, 6.45) is 5.59. The SMILES string of the molecule is CC1(Nc2nc3c(Br)cccn3n2)CCC1. The topological polar surface area (TPSA) is 42.2 Å². The van der Waals surface area contributed by atoms with Crippen LogP contribution in [-0.4, -0.2) is 20.1 Å². The summed E-state index contributed by atoms with van der Waals surface area (Å²) in [7, 11) is 0. The highest BCUT2D eigenvalue weighted by Crippen LogP contribution is 2.34. The van der Waals surface area contributed by atoms with Crippen LogP contribution in [0.4, 0.5) is 5.95 Å². The molecule has 0 spiro atoms. The molecule has 1 fully saturated rings. The molecule has 1 N–H and O–H groups in total. The molecule has 1 saturated carbocycles. The lowest BCUT2D eigenvalue weighted by Gasteiger charge is -2.38. The summed E-state index contributed by atoms with van der Waals surface area (Å²) in [6.45, 7) is 2.22. The van der Waals surface area contributed by atoms with E-state index in [4.69, 9.17) is 0 Å². The number of hydrogen-bond acceptors (Lipinski definition) is 3. The van der Waals surface area contributed by atoms with Crippen LogP contribution in [0.5, 0.6) is 0 Å². The molecule has 3 rings (SSSR count). The average molecular weight is 281 g/mol. The van der Waals surface area contributed by atoms with Gasteiger partial charge in [0.2, 0.25) is 5.95 Å². The lowest BCUT2D eigenvalue weighted by Crippen LogP contribution is -2.41. The molecule has 0 atom stereocenters. The highest BCUT2D eigenvalue weighted by atomic mass is 79.9. The van der Waals surface area contributed by atoms with Crippen molar-refractivity contribution >= 4 is 27.5 Å². The van der Waals surface area contributed by atoms with Gasteiger partial charge >= 0.3 is 0 Å². The van der Waals surface area contributed by atoms with Crippen molar-refractivity contribution in [3.63, 3.8) is 0 Å². The van der Waals surface area contributed by atoms with E-state index < -0.39 is 0 Å². The zero-order chi connectivity index (χ0) is 11.2. The van der Waals surface area contributed by atoms with Crippen LogP contribution in [0, 0.1) is 0 Å². The van der Waals surface area contributed by atoms with E-state index >= 15 is 0 Å². The lowest BCUT2D eigenvalue weighted by molar-refractivity contribution is 0.305. The molecule has 0 aliphatic heterocycles. The molecule has 1 aliphatic carbocycles. The van der Waals surface area contributed by atoms with Gasteiger partial charge in [0.05, 0.1) is 4.47 Å². The standard InChI is InChI=1S/C11H13BrN4/c1-11(5-3-6-11)14-10-13-9-8(12)4-2-7-16(9)15-10/h2,4,7H,3,5-6H2,1H3,(H,14,15). The smallest absolute Gasteiger partial charge is 0.243 e. The van der Waals surface area contributed by atoms with E-state index in [0.29, 0.717) is 5.95 Å². The number of halogens is 1. The van der Waals surface area contributed by atoms with Gasteiger partial charge in [-0.15, -0.1) is 5.10 Å². The number of rotatable bonds is 2. The van der Waals surface area contributed by atoms with Gasteiger partial charge in [-0.25, -0.2) is 4.52 Å². The monoisotopic (exact) mass is 280 g/mol. The molecule has 0 bridgehead atoms. The van der Waals surface area contributed by atoms with Crippen LogP contribution in [-0.2, 0) is 0 Å². The fourth-order valence-electron chi connectivity index (χ4n) is 2.03. The van der Waals surface area contributed by atoms with Gasteiger partial charge in [-0.05, 0) is 54.2 Å². The Labute approximate surface area is 102 Å². The zero-order valence-corrected chi connectivity index (χ0v) is 10.7. The van der Waals surface area contributed by atoms with Crippen molar-refractivity contribution in [2.45, 2.75) is 31.7 Å². The summed E-state index contributed by atoms with van der Waals surface area (Å²) in [5, 5.41) is 7.81. The van der Waals surface area contributed by atoms with Crippen LogP contribution >= 0.6 is 15.9 Å². The number of nitrogens with zero attached hydrogens (tertiary/aromatic N) is 3. The van der Waals surface area contributed by atoms with Crippen LogP contribution in [0.3, 0.4) is 0 Å². The molecular formula is C11H13BrN4. The van der Waals surface area contributed by atoms with Crippen LogP contribution < -0.4 is 5.32 Å². The lowest BCUT2D eigenvalue weighted by atomic mass is 9.79. The third-order valence-electron chi connectivity index (χ3n) is 3.19. The number of fused-ring (bicyclic) bond motifs is 1. The molecule has 0 amide bonds. The maximum absolute atomic E-state index is 4.47. The second kappa shape index (κ2) is 3.45. The first-order valence-electron chi connectivity index (χ1n) is 5.45. The number of pyridine rings is 1. The summed E-state index contributed by atoms with van der Waals surface area (Å²) in [6, 6.07) is 3.92. The highest BCUT2D eigenvalue weighted by molar-refractivity contribution is 9.10. The molecule has 2 aromatic heterocycles. The summed E-state index contributed by atoms with van der Waals surface area (Å²) in [5.41, 5.74) is 1.05. The fraction of sp³-hybridized carbons (Fsp3) is 0.455. The van der Waals surface area contributed by atoms with E-state index in [1.807, 2.05) is 18.3 Å². The summed E-state index contributed by atoms with van der Waals surface area (Å²) < 4.78 is 2.75. The molecular weight excluding hydrogens is 268 g/mol. The molecule has 0 unspecified atom stereocenters. The summed E-state index contributed by atoms with van der Waals surface area (Å²) in [4.78, 5) is 4.47. The predicted octanol–water partition coefficient (Wildman–Crippen LogP) is 2.85. The van der Waals surface area contributed by atoms with Crippen LogP contribution in [0.1, 0.15) is 26.2 Å². The first-order chi connectivity index (χ1) is 7.66. The van der Waals surface area contributed by atoms with Crippen molar-refractivity contribution in [3.05, 3.63) is 22.8 Å². The van der Waals surface area contributed by atoms with Crippen molar-refractivity contribution in [1.29, 1.82) is 0 Å². The minimum absolute atomic E-state index is 0.192. The zero-order valence-electron chi connectivity index (χ0n) is 9.07. The first kappa shape index (κ1) is 10.1. The van der Waals surface area contributed by atoms with Crippen molar-refractivity contribution in [2.24, 2.45) is 0 Å². The Kier molecular flexibility index (Phi) is 2.17. The van der Waals surface area contributed by atoms with Gasteiger partial charge in [-0.3, -0.25) is 0 Å². The Hall–Kier alpha value is -1.10. The minimum Gasteiger partial charge on any atom is -0.348 e. The third kappa shape index (κ3) is 1.59. The fourth-order valence-corrected chi connectivity index (χ4v) is 2.45. The first-order valence-corrected chi connectivity index (χ1v) is 6.25. The third-order valence-corrected chi connectivity index (χ3v) is 3.80. The Morgan fingerprint density at radius 2 is 2.31 bits per heavy atom. The normalized spacial score (nSPS) is 18.4. The van der Waals surface area contributed by atoms with Gasteiger partial charge in [0.1, 0.15) is 0 Å². The quantitative estimate of drug-likeness (QED) is 0.920. The Balaban J connectivity index is 1.96. The molecule has 4 nitrogen and oxygen atoms in total. The van der Waals surface area contributed by atoms with Gasteiger partial charge < -0.3 is 5.32 Å². The molecule has 1 aliphatic rings. The summed E-state index contributed by atoms with van der Waals surface area (Å²) in [5.74, 6) is 0.717. The maximum Gasteiger partial charge on any atom is 0.243 e. The molecule has 0 saturated heterocycles. The Morgan fingerprint density at radius 1 is 1.50 bits per heavy atom. The van der Waals surface area contributed by atoms with Gasteiger partial charge in [-0.1, -0.05) is 0 Å². The average Bonchev–Trinajstić information content (AvgIpc) is 2.59. The van der Waals surface area contributed by atoms with Gasteiger partial charge in [-0.2, -0.15) is 4.98 Å². The van der Waals surface area contributed by atoms with Crippen LogP contribution in [0.25, 0.3) is 5.65 Å². The van der Waals surface area contributed by atoms with E-state index in [0.717, 1.165) is 10.1 Å². The largest absolute Gasteiger partial charge is 0.348 e. The molecule has 84 valence electrons.